The van der Waals surface area contributed by atoms with Gasteiger partial charge in [-0.25, -0.2) is 4.39 Å². The summed E-state index contributed by atoms with van der Waals surface area (Å²) in [7, 11) is 0. The maximum absolute atomic E-state index is 13.8. The number of hydrogen-bond acceptors (Lipinski definition) is 4. The summed E-state index contributed by atoms with van der Waals surface area (Å²) in [6.45, 7) is 3.23. The summed E-state index contributed by atoms with van der Waals surface area (Å²) in [5.41, 5.74) is 1.60. The van der Waals surface area contributed by atoms with Gasteiger partial charge in [0.15, 0.2) is 5.76 Å². The zero-order chi connectivity index (χ0) is 17.1. The topological polar surface area (TPSA) is 65.7 Å². The molecule has 2 N–H and O–H groups in total. The lowest BCUT2D eigenvalue weighted by Gasteiger charge is -2.34. The second kappa shape index (κ2) is 7.05. The SMILES string of the molecule is CC(NC(=O)c1ccco1)c1cc(F)ccc1N1CCC(O)CC1. The first-order valence-electron chi connectivity index (χ1n) is 8.11. The monoisotopic (exact) mass is 332 g/mol. The molecular formula is C18H21FN2O3. The standard InChI is InChI=1S/C18H21FN2O3/c1-12(20-18(23)17-3-2-10-24-17)15-11-13(19)4-5-16(15)21-8-6-14(22)7-9-21/h2-5,10-12,14,22H,6-9H2,1H3,(H,20,23). The fourth-order valence-electron chi connectivity index (χ4n) is 3.02. The smallest absolute Gasteiger partial charge is 0.287 e. The molecule has 0 spiro atoms. The fourth-order valence-corrected chi connectivity index (χ4v) is 3.02. The number of anilines is 1. The molecule has 0 saturated carbocycles. The molecule has 1 aliphatic rings. The molecule has 1 aromatic carbocycles. The van der Waals surface area contributed by atoms with Gasteiger partial charge in [-0.1, -0.05) is 0 Å². The normalized spacial score (nSPS) is 16.9. The second-order valence-corrected chi connectivity index (χ2v) is 6.09. The van der Waals surface area contributed by atoms with Crippen LogP contribution in [0, 0.1) is 5.82 Å². The quantitative estimate of drug-likeness (QED) is 0.903. The molecule has 3 rings (SSSR count). The molecule has 0 bridgehead atoms. The number of aliphatic hydroxyl groups excluding tert-OH is 1. The van der Waals surface area contributed by atoms with Crippen LogP contribution in [0.5, 0.6) is 0 Å². The Morgan fingerprint density at radius 2 is 2.12 bits per heavy atom. The molecule has 0 aliphatic carbocycles. The number of nitrogens with one attached hydrogen (secondary N) is 1. The van der Waals surface area contributed by atoms with Gasteiger partial charge in [-0.3, -0.25) is 4.79 Å². The van der Waals surface area contributed by atoms with Crippen LogP contribution in [-0.4, -0.2) is 30.2 Å². The van der Waals surface area contributed by atoms with Crippen LogP contribution in [0.3, 0.4) is 0 Å². The minimum absolute atomic E-state index is 0.223. The molecule has 1 aliphatic heterocycles. The van der Waals surface area contributed by atoms with E-state index in [0.717, 1.165) is 5.69 Å². The van der Waals surface area contributed by atoms with E-state index in [1.54, 1.807) is 18.2 Å². The minimum Gasteiger partial charge on any atom is -0.459 e. The fraction of sp³-hybridized carbons (Fsp3) is 0.389. The molecule has 128 valence electrons. The van der Waals surface area contributed by atoms with E-state index in [1.807, 2.05) is 6.92 Å². The van der Waals surface area contributed by atoms with E-state index in [2.05, 4.69) is 10.2 Å². The number of aliphatic hydroxyl groups is 1. The van der Waals surface area contributed by atoms with Crippen molar-refractivity contribution >= 4 is 11.6 Å². The number of rotatable bonds is 4. The lowest BCUT2D eigenvalue weighted by molar-refractivity contribution is 0.0912. The number of carbonyl (C=O) groups is 1. The summed E-state index contributed by atoms with van der Waals surface area (Å²) < 4.78 is 18.8. The third kappa shape index (κ3) is 3.59. The lowest BCUT2D eigenvalue weighted by atomic mass is 10.0. The Morgan fingerprint density at radius 1 is 1.38 bits per heavy atom. The van der Waals surface area contributed by atoms with E-state index in [1.165, 1.54) is 18.4 Å². The maximum atomic E-state index is 13.8. The van der Waals surface area contributed by atoms with Crippen molar-refractivity contribution in [3.05, 3.63) is 53.7 Å². The first-order valence-corrected chi connectivity index (χ1v) is 8.11. The maximum Gasteiger partial charge on any atom is 0.287 e. The van der Waals surface area contributed by atoms with Gasteiger partial charge >= 0.3 is 0 Å². The first-order chi connectivity index (χ1) is 11.5. The molecule has 1 unspecified atom stereocenters. The average molecular weight is 332 g/mol. The molecule has 1 saturated heterocycles. The summed E-state index contributed by atoms with van der Waals surface area (Å²) >= 11 is 0. The van der Waals surface area contributed by atoms with Crippen LogP contribution in [0.25, 0.3) is 0 Å². The molecule has 2 aromatic rings. The van der Waals surface area contributed by atoms with Gasteiger partial charge in [0.2, 0.25) is 0 Å². The summed E-state index contributed by atoms with van der Waals surface area (Å²) in [5.74, 6) is -0.456. The molecule has 1 amide bonds. The molecule has 1 atom stereocenters. The molecule has 1 fully saturated rings. The van der Waals surface area contributed by atoms with Gasteiger partial charge in [0.05, 0.1) is 18.4 Å². The second-order valence-electron chi connectivity index (χ2n) is 6.09. The highest BCUT2D eigenvalue weighted by Gasteiger charge is 2.23. The van der Waals surface area contributed by atoms with Crippen molar-refractivity contribution in [3.8, 4) is 0 Å². The highest BCUT2D eigenvalue weighted by Crippen LogP contribution is 2.30. The Hall–Kier alpha value is -2.34. The Kier molecular flexibility index (Phi) is 4.85. The zero-order valence-electron chi connectivity index (χ0n) is 13.5. The van der Waals surface area contributed by atoms with Gasteiger partial charge < -0.3 is 19.7 Å². The number of carbonyl (C=O) groups excluding carboxylic acids is 1. The van der Waals surface area contributed by atoms with E-state index < -0.39 is 0 Å². The molecule has 2 heterocycles. The van der Waals surface area contributed by atoms with Gasteiger partial charge in [0, 0.05) is 24.3 Å². The van der Waals surface area contributed by atoms with E-state index in [9.17, 15) is 14.3 Å². The summed E-state index contributed by atoms with van der Waals surface area (Å²) in [6, 6.07) is 7.46. The van der Waals surface area contributed by atoms with Crippen LogP contribution in [0.4, 0.5) is 10.1 Å². The predicted octanol–water partition coefficient (Wildman–Crippen LogP) is 2.87. The highest BCUT2D eigenvalue weighted by molar-refractivity contribution is 5.91. The van der Waals surface area contributed by atoms with Gasteiger partial charge in [0.1, 0.15) is 5.82 Å². The zero-order valence-corrected chi connectivity index (χ0v) is 13.5. The molecule has 5 nitrogen and oxygen atoms in total. The van der Waals surface area contributed by atoms with E-state index in [0.29, 0.717) is 31.5 Å². The minimum atomic E-state index is -0.375. The number of furan rings is 1. The van der Waals surface area contributed by atoms with Crippen molar-refractivity contribution in [2.75, 3.05) is 18.0 Å². The third-order valence-corrected chi connectivity index (χ3v) is 4.35. The molecule has 0 radical (unpaired) electrons. The lowest BCUT2D eigenvalue weighted by Crippen LogP contribution is -2.37. The predicted molar refractivity (Wildman–Crippen MR) is 88.4 cm³/mol. The number of amides is 1. The Bertz CT molecular complexity index is 694. The van der Waals surface area contributed by atoms with E-state index >= 15 is 0 Å². The first kappa shape index (κ1) is 16.5. The van der Waals surface area contributed by atoms with E-state index in [-0.39, 0.29) is 29.6 Å². The number of benzene rings is 1. The molecule has 24 heavy (non-hydrogen) atoms. The summed E-state index contributed by atoms with van der Waals surface area (Å²) in [5, 5.41) is 12.5. The number of hydrogen-bond donors (Lipinski definition) is 2. The van der Waals surface area contributed by atoms with Crippen molar-refractivity contribution in [2.45, 2.75) is 31.9 Å². The van der Waals surface area contributed by atoms with Gasteiger partial charge in [-0.15, -0.1) is 0 Å². The van der Waals surface area contributed by atoms with Crippen molar-refractivity contribution < 1.29 is 18.7 Å². The molecular weight excluding hydrogens is 311 g/mol. The van der Waals surface area contributed by atoms with Crippen molar-refractivity contribution in [2.24, 2.45) is 0 Å². The Balaban J connectivity index is 1.80. The van der Waals surface area contributed by atoms with Crippen molar-refractivity contribution in [3.63, 3.8) is 0 Å². The third-order valence-electron chi connectivity index (χ3n) is 4.35. The van der Waals surface area contributed by atoms with E-state index in [4.69, 9.17) is 4.42 Å². The van der Waals surface area contributed by atoms with Gasteiger partial charge in [0.25, 0.3) is 5.91 Å². The van der Waals surface area contributed by atoms with Crippen LogP contribution >= 0.6 is 0 Å². The van der Waals surface area contributed by atoms with Crippen LogP contribution in [0.2, 0.25) is 0 Å². The van der Waals surface area contributed by atoms with Crippen LogP contribution in [0.15, 0.2) is 41.0 Å². The number of piperidine rings is 1. The number of halogens is 1. The van der Waals surface area contributed by atoms with Gasteiger partial charge in [-0.2, -0.15) is 0 Å². The summed E-state index contributed by atoms with van der Waals surface area (Å²) in [6.07, 6.45) is 2.53. The van der Waals surface area contributed by atoms with Crippen molar-refractivity contribution in [1.82, 2.24) is 5.32 Å². The summed E-state index contributed by atoms with van der Waals surface area (Å²) in [4.78, 5) is 14.3. The molecule has 1 aromatic heterocycles. The van der Waals surface area contributed by atoms with Crippen LogP contribution < -0.4 is 10.2 Å². The van der Waals surface area contributed by atoms with Crippen molar-refractivity contribution in [1.29, 1.82) is 0 Å². The van der Waals surface area contributed by atoms with Gasteiger partial charge in [-0.05, 0) is 50.1 Å². The average Bonchev–Trinajstić information content (AvgIpc) is 3.10. The van der Waals surface area contributed by atoms with Crippen LogP contribution in [0.1, 0.15) is 41.9 Å². The number of nitrogens with zero attached hydrogens (tertiary/aromatic N) is 1. The highest BCUT2D eigenvalue weighted by atomic mass is 19.1. The molecule has 6 heteroatoms. The Morgan fingerprint density at radius 3 is 2.79 bits per heavy atom. The Labute approximate surface area is 140 Å². The van der Waals surface area contributed by atoms with Crippen LogP contribution in [-0.2, 0) is 0 Å². The largest absolute Gasteiger partial charge is 0.459 e.